The molecule has 0 N–H and O–H groups in total. The summed E-state index contributed by atoms with van der Waals surface area (Å²) < 4.78 is 51.9. The Bertz CT molecular complexity index is 2490. The summed E-state index contributed by atoms with van der Waals surface area (Å²) in [5.74, 6) is 3.21. The van der Waals surface area contributed by atoms with E-state index >= 15 is 0 Å². The van der Waals surface area contributed by atoms with Crippen molar-refractivity contribution in [3.05, 3.63) is 120 Å². The summed E-state index contributed by atoms with van der Waals surface area (Å²) in [7, 11) is 0. The number of hydrogen-bond acceptors (Lipinski definition) is 4. The van der Waals surface area contributed by atoms with E-state index in [9.17, 15) is 0 Å². The summed E-state index contributed by atoms with van der Waals surface area (Å²) in [5, 5.41) is 2.28. The molecule has 50 heavy (non-hydrogen) atoms. The molecule has 3 aliphatic rings. The number of nitrogens with zero attached hydrogens (tertiary/aromatic N) is 4. The first kappa shape index (κ1) is 26.1. The molecule has 3 fully saturated rings. The topological polar surface area (TPSA) is 33.5 Å². The molecule has 1 saturated heterocycles. The highest BCUT2D eigenvalue weighted by Crippen LogP contribution is 2.54. The lowest BCUT2D eigenvalue weighted by Gasteiger charge is -2.33. The quantitative estimate of drug-likeness (QED) is 0.183. The van der Waals surface area contributed by atoms with E-state index in [0.717, 1.165) is 69.6 Å². The maximum Gasteiger partial charge on any atom is 0.137 e. The summed E-state index contributed by atoms with van der Waals surface area (Å²) >= 11 is 0. The zero-order valence-corrected chi connectivity index (χ0v) is 29.8. The average molecular weight is 666 g/mol. The van der Waals surface area contributed by atoms with Gasteiger partial charge in [0.2, 0.25) is 0 Å². The molecule has 2 unspecified atom stereocenters. The normalized spacial score (nSPS) is 23.2. The summed E-state index contributed by atoms with van der Waals surface area (Å²) in [6.45, 7) is 13.7. The second kappa shape index (κ2) is 11.4. The fourth-order valence-corrected chi connectivity index (χ4v) is 8.97. The number of anilines is 2. The molecule has 2 bridgehead atoms. The van der Waals surface area contributed by atoms with E-state index in [1.165, 1.54) is 5.56 Å². The summed E-state index contributed by atoms with van der Waals surface area (Å²) in [6.07, 6.45) is 5.22. The Morgan fingerprint density at radius 1 is 0.680 bits per heavy atom. The largest absolute Gasteiger partial charge is 0.457 e. The predicted octanol–water partition coefficient (Wildman–Crippen LogP) is 11.0. The van der Waals surface area contributed by atoms with Crippen molar-refractivity contribution in [1.82, 2.24) is 9.55 Å². The summed E-state index contributed by atoms with van der Waals surface area (Å²) in [4.78, 5) is 9.40. The maximum atomic E-state index is 8.87. The van der Waals surface area contributed by atoms with Crippen molar-refractivity contribution in [2.75, 3.05) is 16.5 Å². The van der Waals surface area contributed by atoms with Gasteiger partial charge in [-0.2, -0.15) is 0 Å². The van der Waals surface area contributed by atoms with Crippen LogP contribution >= 0.6 is 0 Å². The fraction of sp³-hybridized carbons (Fsp3) is 0.356. The van der Waals surface area contributed by atoms with Gasteiger partial charge in [0.15, 0.2) is 0 Å². The third-order valence-corrected chi connectivity index (χ3v) is 11.4. The first-order valence-electron chi connectivity index (χ1n) is 20.5. The third-order valence-electron chi connectivity index (χ3n) is 11.4. The molecule has 4 aromatic carbocycles. The van der Waals surface area contributed by atoms with E-state index in [4.69, 9.17) is 16.6 Å². The Balaban J connectivity index is 1.14. The smallest absolute Gasteiger partial charge is 0.137 e. The van der Waals surface area contributed by atoms with Crippen molar-refractivity contribution in [2.24, 2.45) is 11.8 Å². The van der Waals surface area contributed by atoms with Crippen molar-refractivity contribution in [2.45, 2.75) is 83.7 Å². The van der Waals surface area contributed by atoms with Gasteiger partial charge in [-0.1, -0.05) is 77.9 Å². The number of hydrogen-bond donors (Lipinski definition) is 0. The van der Waals surface area contributed by atoms with Gasteiger partial charge in [-0.25, -0.2) is 4.98 Å². The monoisotopic (exact) mass is 665 g/mol. The minimum Gasteiger partial charge on any atom is -0.457 e. The van der Waals surface area contributed by atoms with Crippen LogP contribution in [0.4, 0.5) is 11.4 Å². The van der Waals surface area contributed by atoms with Crippen molar-refractivity contribution in [3.8, 4) is 17.3 Å². The second-order valence-corrected chi connectivity index (χ2v) is 16.6. The van der Waals surface area contributed by atoms with Crippen LogP contribution in [0.5, 0.6) is 11.5 Å². The Hall–Kier alpha value is -4.77. The lowest BCUT2D eigenvalue weighted by atomic mass is 9.86. The number of pyridine rings is 1. The van der Waals surface area contributed by atoms with Gasteiger partial charge in [0.25, 0.3) is 0 Å². The molecule has 2 saturated carbocycles. The van der Waals surface area contributed by atoms with Gasteiger partial charge in [-0.3, -0.25) is 4.57 Å². The highest BCUT2D eigenvalue weighted by molar-refractivity contribution is 6.09. The summed E-state index contributed by atoms with van der Waals surface area (Å²) in [5.41, 5.74) is 5.59. The second-order valence-electron chi connectivity index (χ2n) is 16.6. The molecule has 9 rings (SSSR count). The van der Waals surface area contributed by atoms with Gasteiger partial charge >= 0.3 is 0 Å². The SMILES string of the molecule is [2H]c1c([2H])c([2H])c(N2CN(c3cc(Oc4ccc5c6ccccc6n(-c6cc(C(C)(C)C)ccn6)c5c4)cc(C(C)(C)C)c3)[C@@H]3C2C2CC[C@@H]3C2)c([2H])c1[2H]. The predicted molar refractivity (Wildman–Crippen MR) is 207 cm³/mol. The fourth-order valence-electron chi connectivity index (χ4n) is 8.97. The van der Waals surface area contributed by atoms with Crippen molar-refractivity contribution in [1.29, 1.82) is 0 Å². The van der Waals surface area contributed by atoms with Crippen LogP contribution in [0.1, 0.15) is 78.8 Å². The van der Waals surface area contributed by atoms with Crippen LogP contribution in [0.3, 0.4) is 0 Å². The van der Waals surface area contributed by atoms with Gasteiger partial charge in [0.05, 0.1) is 36.6 Å². The highest BCUT2D eigenvalue weighted by Gasteiger charge is 2.56. The number of fused-ring (bicyclic) bond motifs is 8. The van der Waals surface area contributed by atoms with Gasteiger partial charge in [-0.15, -0.1) is 0 Å². The molecule has 2 aliphatic carbocycles. The molecule has 3 heterocycles. The molecule has 0 radical (unpaired) electrons. The minimum absolute atomic E-state index is 0.0281. The van der Waals surface area contributed by atoms with Crippen LogP contribution in [0.25, 0.3) is 27.6 Å². The van der Waals surface area contributed by atoms with Crippen LogP contribution < -0.4 is 14.5 Å². The van der Waals surface area contributed by atoms with E-state index in [2.05, 4.69) is 123 Å². The van der Waals surface area contributed by atoms with E-state index in [1.807, 2.05) is 12.3 Å². The molecule has 1 aliphatic heterocycles. The zero-order valence-electron chi connectivity index (χ0n) is 34.8. The first-order chi connectivity index (χ1) is 26.1. The molecule has 0 spiro atoms. The number of rotatable bonds is 5. The van der Waals surface area contributed by atoms with Gasteiger partial charge in [0, 0.05) is 40.5 Å². The highest BCUT2D eigenvalue weighted by atomic mass is 16.5. The van der Waals surface area contributed by atoms with Crippen LogP contribution in [-0.2, 0) is 10.8 Å². The molecular formula is C45H48N4O. The molecule has 5 nitrogen and oxygen atoms in total. The molecule has 2 aromatic heterocycles. The van der Waals surface area contributed by atoms with E-state index in [0.29, 0.717) is 24.2 Å². The van der Waals surface area contributed by atoms with E-state index in [1.54, 1.807) is 0 Å². The molecule has 4 atom stereocenters. The summed E-state index contributed by atoms with van der Waals surface area (Å²) in [6, 6.07) is 24.6. The van der Waals surface area contributed by atoms with Crippen molar-refractivity contribution >= 4 is 33.2 Å². The van der Waals surface area contributed by atoms with Gasteiger partial charge in [-0.05, 0) is 108 Å². The minimum atomic E-state index is -0.354. The van der Waals surface area contributed by atoms with E-state index < -0.39 is 0 Å². The molecule has 5 heteroatoms. The maximum absolute atomic E-state index is 8.87. The third kappa shape index (κ3) is 5.16. The van der Waals surface area contributed by atoms with Crippen LogP contribution in [0, 0.1) is 11.8 Å². The lowest BCUT2D eigenvalue weighted by molar-refractivity contribution is 0.389. The Morgan fingerprint density at radius 3 is 2.12 bits per heavy atom. The van der Waals surface area contributed by atoms with Gasteiger partial charge < -0.3 is 14.5 Å². The molecule has 0 amide bonds. The zero-order chi connectivity index (χ0) is 38.7. The molecule has 6 aromatic rings. The van der Waals surface area contributed by atoms with Crippen molar-refractivity contribution in [3.63, 3.8) is 0 Å². The van der Waals surface area contributed by atoms with E-state index in [-0.39, 0.29) is 53.1 Å². The van der Waals surface area contributed by atoms with Crippen LogP contribution in [0.15, 0.2) is 109 Å². The molecular weight excluding hydrogens is 613 g/mol. The Labute approximate surface area is 303 Å². The van der Waals surface area contributed by atoms with Crippen LogP contribution in [-0.4, -0.2) is 28.3 Å². The lowest BCUT2D eigenvalue weighted by Crippen LogP contribution is -2.42. The Kier molecular flexibility index (Phi) is 5.94. The Morgan fingerprint density at radius 2 is 1.38 bits per heavy atom. The number of benzene rings is 4. The van der Waals surface area contributed by atoms with Crippen molar-refractivity contribution < 1.29 is 11.6 Å². The number of para-hydroxylation sites is 2. The average Bonchev–Trinajstić information content (AvgIpc) is 3.93. The first-order valence-corrected chi connectivity index (χ1v) is 18.0. The van der Waals surface area contributed by atoms with Gasteiger partial charge in [0.1, 0.15) is 17.3 Å². The number of aromatic nitrogens is 2. The standard InChI is InChI=1S/C45H48N4O/c1-44(2,3)31-20-21-46-41(25-31)49-39-15-11-10-14-37(39)38-19-18-35(27-40(38)49)50-36-24-32(45(4,5)6)23-34(26-36)48-28-47(33-12-8-7-9-13-33)42-29-16-17-30(22-29)43(42)48/h7-15,18-21,23-27,29-30,42-43H,16-17,22,28H2,1-6H3/t29?,30-,42?,43+/m1/s1/i7D,8D,9D,12D,13D. The number of ether oxygens (including phenoxy) is 1. The molecule has 254 valence electrons. The van der Waals surface area contributed by atoms with Crippen LogP contribution in [0.2, 0.25) is 0 Å².